The number of methoxy groups -OCH3 is 1. The van der Waals surface area contributed by atoms with E-state index in [9.17, 15) is 4.79 Å². The Balaban J connectivity index is -0.000000312. The minimum atomic E-state index is -0.444. The Kier molecular flexibility index (Phi) is 12.7. The molecule has 0 heterocycles. The van der Waals surface area contributed by atoms with Crippen LogP contribution in [0.4, 0.5) is 0 Å². The minimum Gasteiger partial charge on any atom is -1.00 e. The second-order valence-corrected chi connectivity index (χ2v) is 3.87. The zero-order valence-electron chi connectivity index (χ0n) is 13.0. The molecule has 0 radical (unpaired) electrons. The van der Waals surface area contributed by atoms with E-state index in [1.807, 2.05) is 0 Å². The quantitative estimate of drug-likeness (QED) is 0.441. The number of aliphatic hydroxyl groups is 1. The number of aromatic hydroxyl groups is 2. The number of phenolic OH excluding ortho intramolecular Hbond substituents is 2. The van der Waals surface area contributed by atoms with E-state index >= 15 is 0 Å². The van der Waals surface area contributed by atoms with Crippen LogP contribution in [0.3, 0.4) is 0 Å². The normalized spacial score (nSPS) is 8.45. The molecule has 0 fully saturated rings. The number of benzene rings is 2. The molecule has 5 nitrogen and oxygen atoms in total. The fraction of sp³-hybridized carbons (Fsp3) is 0.133. The van der Waals surface area contributed by atoms with Crippen molar-refractivity contribution in [1.82, 2.24) is 0 Å². The summed E-state index contributed by atoms with van der Waals surface area (Å²) in [5.41, 5.74) is 1.09. The van der Waals surface area contributed by atoms with Gasteiger partial charge in [-0.2, -0.15) is 0 Å². The van der Waals surface area contributed by atoms with Gasteiger partial charge < -0.3 is 21.5 Å². The van der Waals surface area contributed by atoms with E-state index < -0.39 is 5.97 Å². The number of carbonyl (C=O) groups is 1. The van der Waals surface area contributed by atoms with Crippen molar-refractivity contribution < 1.29 is 45.1 Å². The predicted octanol–water partition coefficient (Wildman–Crippen LogP) is -2.00. The van der Waals surface area contributed by atoms with Gasteiger partial charge in [0.2, 0.25) is 0 Å². The molecule has 2 aromatic carbocycles. The van der Waals surface area contributed by atoms with Gasteiger partial charge in [0.05, 0.1) is 19.3 Å². The maximum atomic E-state index is 10.8. The van der Waals surface area contributed by atoms with Crippen molar-refractivity contribution >= 4 is 23.3 Å². The van der Waals surface area contributed by atoms with Crippen LogP contribution in [-0.4, -0.2) is 45.8 Å². The molecular formula is C15H20AlLiO5. The maximum Gasteiger partial charge on any atom is 1.00 e. The van der Waals surface area contributed by atoms with Crippen molar-refractivity contribution in [2.75, 3.05) is 7.11 Å². The molecule has 2 rings (SSSR count). The first-order valence-electron chi connectivity index (χ1n) is 5.83. The van der Waals surface area contributed by atoms with Crippen molar-refractivity contribution in [2.24, 2.45) is 0 Å². The summed E-state index contributed by atoms with van der Waals surface area (Å²) in [6.07, 6.45) is 0. The summed E-state index contributed by atoms with van der Waals surface area (Å²) in [6.45, 7) is -0.0194. The molecule has 0 saturated heterocycles. The van der Waals surface area contributed by atoms with Crippen molar-refractivity contribution in [1.29, 1.82) is 0 Å². The number of carbonyl (C=O) groups excluding carboxylic acids is 1. The van der Waals surface area contributed by atoms with Crippen LogP contribution in [0, 0.1) is 0 Å². The summed E-state index contributed by atoms with van der Waals surface area (Å²) < 4.78 is 4.44. The number of hydrogen-bond donors (Lipinski definition) is 3. The first-order chi connectivity index (χ1) is 9.56. The van der Waals surface area contributed by atoms with Crippen LogP contribution >= 0.6 is 0 Å². The number of rotatable bonds is 2. The van der Waals surface area contributed by atoms with E-state index in [-0.39, 0.29) is 55.8 Å². The van der Waals surface area contributed by atoms with Gasteiger partial charge in [0, 0.05) is 0 Å². The van der Waals surface area contributed by atoms with E-state index in [1.54, 1.807) is 30.3 Å². The summed E-state index contributed by atoms with van der Waals surface area (Å²) in [7, 11) is 1.30. The van der Waals surface area contributed by atoms with Gasteiger partial charge in [-0.1, -0.05) is 18.2 Å². The molecule has 0 atom stereocenters. The van der Waals surface area contributed by atoms with Gasteiger partial charge in [0.25, 0.3) is 0 Å². The third kappa shape index (κ3) is 8.14. The minimum absolute atomic E-state index is 0. The molecule has 0 aliphatic rings. The van der Waals surface area contributed by atoms with Gasteiger partial charge in [0.1, 0.15) is 11.5 Å². The standard InChI is InChI=1S/C8H8O3.C7H8O2.Al.Li.4H/c1-11-8(10)6-3-2-4-7(9)5-6;8-5-6-2-1-3-7(9)4-6;;;;;;/h2-5,9H,1H3;1-4,8-9H,5H2;;;;;;/q;;;+1;;;;-1. The smallest absolute Gasteiger partial charge is 1.00 e. The Morgan fingerprint density at radius 2 is 1.64 bits per heavy atom. The number of ether oxygens (including phenoxy) is 1. The van der Waals surface area contributed by atoms with Crippen molar-refractivity contribution in [3.63, 3.8) is 0 Å². The average molecular weight is 314 g/mol. The molecule has 2 aromatic rings. The molecule has 3 N–H and O–H groups in total. The molecule has 0 aliphatic carbocycles. The van der Waals surface area contributed by atoms with Gasteiger partial charge in [-0.15, -0.1) is 0 Å². The van der Waals surface area contributed by atoms with Crippen molar-refractivity contribution in [3.05, 3.63) is 59.7 Å². The van der Waals surface area contributed by atoms with Gasteiger partial charge >= 0.3 is 24.8 Å². The van der Waals surface area contributed by atoms with Crippen LogP contribution in [0.1, 0.15) is 17.3 Å². The van der Waals surface area contributed by atoms with E-state index in [1.165, 1.54) is 25.3 Å². The molecule has 0 spiro atoms. The first-order valence-corrected chi connectivity index (χ1v) is 5.83. The SMILES string of the molecule is COC(=O)c1cccc(O)c1.OCc1cccc(O)c1.[AlH3].[H-].[Li+]. The van der Waals surface area contributed by atoms with E-state index in [0.29, 0.717) is 5.56 Å². The largest absolute Gasteiger partial charge is 1.00 e. The van der Waals surface area contributed by atoms with Crippen LogP contribution in [0.25, 0.3) is 0 Å². The van der Waals surface area contributed by atoms with Crippen LogP contribution in [0.15, 0.2) is 48.5 Å². The second-order valence-electron chi connectivity index (χ2n) is 3.87. The zero-order chi connectivity index (χ0) is 15.0. The average Bonchev–Trinajstić information content (AvgIpc) is 2.47. The molecule has 0 unspecified atom stereocenters. The Bertz CT molecular complexity index is 583. The van der Waals surface area contributed by atoms with E-state index in [4.69, 9.17) is 15.3 Å². The van der Waals surface area contributed by atoms with Gasteiger partial charge in [-0.25, -0.2) is 4.79 Å². The number of esters is 1. The molecular weight excluding hydrogens is 294 g/mol. The molecule has 114 valence electrons. The molecule has 0 aliphatic heterocycles. The third-order valence-corrected chi connectivity index (χ3v) is 2.36. The fourth-order valence-corrected chi connectivity index (χ4v) is 1.41. The monoisotopic (exact) mass is 314 g/mol. The molecule has 0 aromatic heterocycles. The number of phenols is 2. The number of hydrogen-bond acceptors (Lipinski definition) is 5. The molecule has 0 bridgehead atoms. The van der Waals surface area contributed by atoms with Crippen molar-refractivity contribution in [3.8, 4) is 11.5 Å². The maximum absolute atomic E-state index is 10.8. The Hall–Kier alpha value is -1.40. The van der Waals surface area contributed by atoms with Gasteiger partial charge in [-0.05, 0) is 35.9 Å². The van der Waals surface area contributed by atoms with Crippen LogP contribution < -0.4 is 18.9 Å². The van der Waals surface area contributed by atoms with E-state index in [2.05, 4.69) is 4.74 Å². The van der Waals surface area contributed by atoms with Gasteiger partial charge in [-0.3, -0.25) is 0 Å². The zero-order valence-corrected chi connectivity index (χ0v) is 12.0. The van der Waals surface area contributed by atoms with Crippen LogP contribution in [0.5, 0.6) is 11.5 Å². The summed E-state index contributed by atoms with van der Waals surface area (Å²) in [6, 6.07) is 12.5. The Morgan fingerprint density at radius 1 is 1.09 bits per heavy atom. The Labute approximate surface area is 153 Å². The summed E-state index contributed by atoms with van der Waals surface area (Å²) in [5, 5.41) is 26.3. The molecule has 0 amide bonds. The summed E-state index contributed by atoms with van der Waals surface area (Å²) >= 11 is 0. The first kappa shape index (κ1) is 22.9. The molecule has 0 saturated carbocycles. The van der Waals surface area contributed by atoms with E-state index in [0.717, 1.165) is 5.56 Å². The Morgan fingerprint density at radius 3 is 2.05 bits per heavy atom. The fourth-order valence-electron chi connectivity index (χ4n) is 1.41. The number of aliphatic hydroxyl groups excluding tert-OH is 1. The second kappa shape index (κ2) is 12.2. The third-order valence-electron chi connectivity index (χ3n) is 2.36. The van der Waals surface area contributed by atoms with Crippen LogP contribution in [-0.2, 0) is 11.3 Å². The van der Waals surface area contributed by atoms with Crippen LogP contribution in [0.2, 0.25) is 0 Å². The topological polar surface area (TPSA) is 87.0 Å². The predicted molar refractivity (Wildman–Crippen MR) is 84.5 cm³/mol. The summed E-state index contributed by atoms with van der Waals surface area (Å²) in [5.74, 6) is -0.185. The molecule has 22 heavy (non-hydrogen) atoms. The summed E-state index contributed by atoms with van der Waals surface area (Å²) in [4.78, 5) is 10.8. The van der Waals surface area contributed by atoms with Gasteiger partial charge in [0.15, 0.2) is 17.4 Å². The molecule has 7 heteroatoms. The van der Waals surface area contributed by atoms with Crippen molar-refractivity contribution in [2.45, 2.75) is 6.61 Å².